The van der Waals surface area contributed by atoms with E-state index in [4.69, 9.17) is 14.2 Å². The second kappa shape index (κ2) is 8.33. The molecule has 1 amide bonds. The Labute approximate surface area is 179 Å². The van der Waals surface area contributed by atoms with Crippen LogP contribution in [0, 0.1) is 5.82 Å². The van der Waals surface area contributed by atoms with E-state index in [-0.39, 0.29) is 23.4 Å². The van der Waals surface area contributed by atoms with Gasteiger partial charge in [-0.1, -0.05) is 0 Å². The molecule has 0 bridgehead atoms. The zero-order chi connectivity index (χ0) is 22.9. The molecule has 166 valence electrons. The van der Waals surface area contributed by atoms with Crippen molar-refractivity contribution in [1.82, 2.24) is 9.36 Å². The minimum absolute atomic E-state index is 0.154. The number of aromatic nitrogens is 2. The lowest BCUT2D eigenvalue weighted by Crippen LogP contribution is -2.38. The van der Waals surface area contributed by atoms with Crippen LogP contribution in [0.5, 0.6) is 17.2 Å². The Morgan fingerprint density at radius 1 is 1.03 bits per heavy atom. The zero-order valence-electron chi connectivity index (χ0n) is 18.4. The summed E-state index contributed by atoms with van der Waals surface area (Å²) in [5, 5.41) is 3.01. The number of benzene rings is 2. The van der Waals surface area contributed by atoms with Crippen LogP contribution in [0.4, 0.5) is 10.1 Å². The molecule has 9 heteroatoms. The van der Waals surface area contributed by atoms with Gasteiger partial charge in [0, 0.05) is 17.8 Å². The molecule has 0 atom stereocenters. The lowest BCUT2D eigenvalue weighted by atomic mass is 10.1. The van der Waals surface area contributed by atoms with Crippen LogP contribution in [-0.4, -0.2) is 36.6 Å². The molecule has 0 fully saturated rings. The van der Waals surface area contributed by atoms with Crippen molar-refractivity contribution in [2.75, 3.05) is 26.6 Å². The molecule has 0 spiro atoms. The molecule has 8 nitrogen and oxygen atoms in total. The third kappa shape index (κ3) is 4.21. The van der Waals surface area contributed by atoms with Gasteiger partial charge >= 0.3 is 0 Å². The molecule has 2 aromatic carbocycles. The van der Waals surface area contributed by atoms with Crippen LogP contribution in [0.3, 0.4) is 0 Å². The Bertz CT molecular complexity index is 1170. The van der Waals surface area contributed by atoms with E-state index in [2.05, 4.69) is 5.32 Å². The third-order valence-corrected chi connectivity index (χ3v) is 4.78. The molecule has 1 heterocycles. The number of nitrogens with zero attached hydrogens (tertiary/aromatic N) is 2. The van der Waals surface area contributed by atoms with Gasteiger partial charge in [-0.05, 0) is 39.0 Å². The average Bonchev–Trinajstić information content (AvgIpc) is 2.98. The summed E-state index contributed by atoms with van der Waals surface area (Å²) < 4.78 is 32.7. The molecule has 0 aliphatic rings. The summed E-state index contributed by atoms with van der Waals surface area (Å²) in [4.78, 5) is 25.8. The largest absolute Gasteiger partial charge is 0.493 e. The number of hydrogen-bond acceptors (Lipinski definition) is 5. The molecule has 0 aliphatic heterocycles. The Morgan fingerprint density at radius 2 is 1.65 bits per heavy atom. The first-order valence-electron chi connectivity index (χ1n) is 9.62. The van der Waals surface area contributed by atoms with E-state index >= 15 is 0 Å². The molecule has 0 radical (unpaired) electrons. The second-order valence-electron chi connectivity index (χ2n) is 7.97. The van der Waals surface area contributed by atoms with Crippen molar-refractivity contribution in [3.63, 3.8) is 0 Å². The number of carbonyl (C=O) groups is 1. The Kier molecular flexibility index (Phi) is 5.97. The van der Waals surface area contributed by atoms with Crippen molar-refractivity contribution < 1.29 is 23.4 Å². The van der Waals surface area contributed by atoms with Crippen molar-refractivity contribution in [2.24, 2.45) is 0 Å². The van der Waals surface area contributed by atoms with Gasteiger partial charge in [0.1, 0.15) is 12.4 Å². The van der Waals surface area contributed by atoms with Gasteiger partial charge in [0.15, 0.2) is 11.5 Å². The van der Waals surface area contributed by atoms with Gasteiger partial charge in [0.25, 0.3) is 5.56 Å². The summed E-state index contributed by atoms with van der Waals surface area (Å²) in [6.45, 7) is 5.38. The Morgan fingerprint density at radius 3 is 2.16 bits per heavy atom. The number of methoxy groups -OCH3 is 3. The highest BCUT2D eigenvalue weighted by atomic mass is 19.1. The fraction of sp³-hybridized carbons (Fsp3) is 0.364. The number of hydrogen-bond donors (Lipinski definition) is 1. The van der Waals surface area contributed by atoms with Crippen molar-refractivity contribution >= 4 is 22.5 Å². The molecule has 1 aromatic heterocycles. The third-order valence-electron chi connectivity index (χ3n) is 4.78. The highest BCUT2D eigenvalue weighted by Crippen LogP contribution is 2.39. The van der Waals surface area contributed by atoms with Gasteiger partial charge in [0.2, 0.25) is 11.7 Å². The van der Waals surface area contributed by atoms with Crippen LogP contribution in [0.2, 0.25) is 0 Å². The van der Waals surface area contributed by atoms with Gasteiger partial charge in [-0.2, -0.15) is 0 Å². The van der Waals surface area contributed by atoms with E-state index in [9.17, 15) is 14.0 Å². The summed E-state index contributed by atoms with van der Waals surface area (Å²) in [5.74, 6) is 0.303. The van der Waals surface area contributed by atoms with Crippen LogP contribution in [-0.2, 0) is 16.9 Å². The molecule has 3 rings (SSSR count). The Balaban J connectivity index is 2.01. The van der Waals surface area contributed by atoms with Crippen LogP contribution < -0.4 is 25.1 Å². The number of nitrogens with one attached hydrogen (secondary N) is 1. The Hall–Kier alpha value is -3.49. The summed E-state index contributed by atoms with van der Waals surface area (Å²) >= 11 is 0. The minimum atomic E-state index is -0.626. The molecular weight excluding hydrogens is 405 g/mol. The van der Waals surface area contributed by atoms with E-state index in [0.717, 1.165) is 0 Å². The van der Waals surface area contributed by atoms with Gasteiger partial charge in [-0.25, -0.2) is 9.07 Å². The SMILES string of the molecule is COc1cc(NC(=O)Cn2c3ccc(F)cc3c(=O)n2C(C)(C)C)cc(OC)c1OC. The maximum atomic E-state index is 13.7. The monoisotopic (exact) mass is 431 g/mol. The van der Waals surface area contributed by atoms with E-state index in [1.54, 1.807) is 16.8 Å². The summed E-state index contributed by atoms with van der Waals surface area (Å²) in [6.07, 6.45) is 0. The zero-order valence-corrected chi connectivity index (χ0v) is 18.4. The van der Waals surface area contributed by atoms with Crippen LogP contribution in [0.25, 0.3) is 10.9 Å². The van der Waals surface area contributed by atoms with E-state index in [0.29, 0.717) is 28.5 Å². The predicted molar refractivity (Wildman–Crippen MR) is 116 cm³/mol. The van der Waals surface area contributed by atoms with Gasteiger partial charge in [-0.3, -0.25) is 14.3 Å². The van der Waals surface area contributed by atoms with E-state index in [1.807, 2.05) is 20.8 Å². The molecule has 31 heavy (non-hydrogen) atoms. The van der Waals surface area contributed by atoms with Crippen LogP contribution >= 0.6 is 0 Å². The smallest absolute Gasteiger partial charge is 0.275 e. The molecule has 0 saturated heterocycles. The molecular formula is C22H26FN3O5. The highest BCUT2D eigenvalue weighted by Gasteiger charge is 2.25. The number of halogens is 1. The van der Waals surface area contributed by atoms with Gasteiger partial charge in [0.05, 0.1) is 37.8 Å². The topological polar surface area (TPSA) is 83.7 Å². The standard InChI is InChI=1S/C22H26FN3O5/c1-22(2,3)26-21(28)15-9-13(23)7-8-16(15)25(26)12-19(27)24-14-10-17(29-4)20(31-6)18(11-14)30-5/h7-11H,12H2,1-6H3,(H,24,27). The van der Waals surface area contributed by atoms with Crippen molar-refractivity contribution in [3.05, 3.63) is 46.5 Å². The fourth-order valence-electron chi connectivity index (χ4n) is 3.55. The molecule has 1 N–H and O–H groups in total. The number of rotatable bonds is 6. The van der Waals surface area contributed by atoms with Gasteiger partial charge in [-0.15, -0.1) is 0 Å². The summed E-state index contributed by atoms with van der Waals surface area (Å²) in [6, 6.07) is 7.18. The normalized spacial score (nSPS) is 11.5. The molecule has 0 saturated carbocycles. The second-order valence-corrected chi connectivity index (χ2v) is 7.97. The average molecular weight is 431 g/mol. The molecule has 3 aromatic rings. The van der Waals surface area contributed by atoms with Crippen molar-refractivity contribution in [3.8, 4) is 17.2 Å². The van der Waals surface area contributed by atoms with E-state index in [1.165, 1.54) is 44.2 Å². The number of fused-ring (bicyclic) bond motifs is 1. The summed E-state index contributed by atoms with van der Waals surface area (Å²) in [7, 11) is 4.45. The fourth-order valence-corrected chi connectivity index (χ4v) is 3.55. The van der Waals surface area contributed by atoms with Crippen molar-refractivity contribution in [2.45, 2.75) is 32.9 Å². The predicted octanol–water partition coefficient (Wildman–Crippen LogP) is 3.36. The van der Waals surface area contributed by atoms with Crippen LogP contribution in [0.1, 0.15) is 20.8 Å². The lowest BCUT2D eigenvalue weighted by Gasteiger charge is -2.24. The van der Waals surface area contributed by atoms with E-state index < -0.39 is 11.4 Å². The first-order valence-corrected chi connectivity index (χ1v) is 9.62. The number of ether oxygens (including phenoxy) is 3. The maximum Gasteiger partial charge on any atom is 0.275 e. The van der Waals surface area contributed by atoms with Crippen LogP contribution in [0.15, 0.2) is 35.1 Å². The molecule has 0 aliphatic carbocycles. The number of anilines is 1. The highest BCUT2D eigenvalue weighted by molar-refractivity contribution is 5.92. The quantitative estimate of drug-likeness (QED) is 0.647. The number of carbonyl (C=O) groups excluding carboxylic acids is 1. The first kappa shape index (κ1) is 22.2. The van der Waals surface area contributed by atoms with Gasteiger partial charge < -0.3 is 19.5 Å². The first-order chi connectivity index (χ1) is 14.6. The molecule has 0 unspecified atom stereocenters. The minimum Gasteiger partial charge on any atom is -0.493 e. The lowest BCUT2D eigenvalue weighted by molar-refractivity contribution is -0.117. The number of amides is 1. The van der Waals surface area contributed by atoms with Crippen molar-refractivity contribution in [1.29, 1.82) is 0 Å². The summed E-state index contributed by atoms with van der Waals surface area (Å²) in [5.41, 5.74) is -0.0741. The maximum absolute atomic E-state index is 13.7.